The van der Waals surface area contributed by atoms with Crippen molar-refractivity contribution < 1.29 is 14.2 Å². The van der Waals surface area contributed by atoms with Gasteiger partial charge in [0.05, 0.1) is 27.0 Å². The lowest BCUT2D eigenvalue weighted by atomic mass is 10.1. The Labute approximate surface area is 127 Å². The topological polar surface area (TPSA) is 66.4 Å². The van der Waals surface area contributed by atoms with Gasteiger partial charge in [0.2, 0.25) is 0 Å². The molecule has 6 heteroatoms. The van der Waals surface area contributed by atoms with Crippen molar-refractivity contribution in [3.05, 3.63) is 36.9 Å². The van der Waals surface area contributed by atoms with E-state index in [-0.39, 0.29) is 0 Å². The van der Waals surface area contributed by atoms with Crippen LogP contribution in [0, 0.1) is 0 Å². The Bertz CT molecular complexity index is 807. The van der Waals surface area contributed by atoms with Gasteiger partial charge < -0.3 is 14.2 Å². The highest BCUT2D eigenvalue weighted by Crippen LogP contribution is 2.41. The van der Waals surface area contributed by atoms with E-state index in [9.17, 15) is 0 Å². The number of hydrogen-bond donors (Lipinski definition) is 0. The number of hydrogen-bond acceptors (Lipinski definition) is 6. The normalized spacial score (nSPS) is 10.5. The highest BCUT2D eigenvalue weighted by Gasteiger charge is 2.16. The molecule has 112 valence electrons. The molecule has 2 heterocycles. The van der Waals surface area contributed by atoms with Gasteiger partial charge in [0.1, 0.15) is 17.6 Å². The molecule has 6 nitrogen and oxygen atoms in total. The van der Waals surface area contributed by atoms with E-state index >= 15 is 0 Å². The summed E-state index contributed by atoms with van der Waals surface area (Å²) in [6.45, 7) is 0. The van der Waals surface area contributed by atoms with Gasteiger partial charge in [-0.05, 0) is 12.1 Å². The summed E-state index contributed by atoms with van der Waals surface area (Å²) >= 11 is 0. The third-order valence-corrected chi connectivity index (χ3v) is 3.36. The predicted octanol–water partition coefficient (Wildman–Crippen LogP) is 2.72. The third-order valence-electron chi connectivity index (χ3n) is 3.36. The molecule has 0 N–H and O–H groups in total. The van der Waals surface area contributed by atoms with Gasteiger partial charge >= 0.3 is 0 Å². The molecule has 0 atom stereocenters. The largest absolute Gasteiger partial charge is 0.494 e. The fourth-order valence-corrected chi connectivity index (χ4v) is 2.33. The second-order valence-corrected chi connectivity index (χ2v) is 4.53. The quantitative estimate of drug-likeness (QED) is 0.737. The van der Waals surface area contributed by atoms with Crippen LogP contribution in [0.2, 0.25) is 0 Å². The van der Waals surface area contributed by atoms with E-state index in [4.69, 9.17) is 14.2 Å². The number of methoxy groups -OCH3 is 3. The molecule has 0 spiro atoms. The van der Waals surface area contributed by atoms with Crippen LogP contribution < -0.4 is 14.2 Å². The summed E-state index contributed by atoms with van der Waals surface area (Å²) < 4.78 is 16.2. The van der Waals surface area contributed by atoms with Gasteiger partial charge in [0.15, 0.2) is 11.5 Å². The smallest absolute Gasteiger partial charge is 0.170 e. The Morgan fingerprint density at radius 3 is 2.23 bits per heavy atom. The van der Waals surface area contributed by atoms with Gasteiger partial charge in [0, 0.05) is 29.4 Å². The highest BCUT2D eigenvalue weighted by atomic mass is 16.5. The summed E-state index contributed by atoms with van der Waals surface area (Å²) in [6, 6.07) is 5.58. The number of rotatable bonds is 4. The van der Waals surface area contributed by atoms with Crippen molar-refractivity contribution in [2.45, 2.75) is 0 Å². The summed E-state index contributed by atoms with van der Waals surface area (Å²) in [7, 11) is 4.79. The maximum Gasteiger partial charge on any atom is 0.170 e. The van der Waals surface area contributed by atoms with Crippen LogP contribution in [-0.2, 0) is 0 Å². The number of ether oxygens (including phenoxy) is 3. The molecule has 0 amide bonds. The first-order valence-corrected chi connectivity index (χ1v) is 6.63. The van der Waals surface area contributed by atoms with E-state index in [1.54, 1.807) is 39.8 Å². The monoisotopic (exact) mass is 297 g/mol. The Morgan fingerprint density at radius 1 is 0.864 bits per heavy atom. The molecular weight excluding hydrogens is 282 g/mol. The average Bonchev–Trinajstić information content (AvgIpc) is 2.60. The molecule has 0 aliphatic carbocycles. The Hall–Kier alpha value is -2.89. The Balaban J connectivity index is 2.28. The molecule has 0 aliphatic rings. The van der Waals surface area contributed by atoms with Crippen LogP contribution in [0.25, 0.3) is 22.2 Å². The predicted molar refractivity (Wildman–Crippen MR) is 82.4 cm³/mol. The molecule has 0 radical (unpaired) electrons. The zero-order valence-corrected chi connectivity index (χ0v) is 12.5. The summed E-state index contributed by atoms with van der Waals surface area (Å²) in [6.07, 6.45) is 4.92. The number of benzene rings is 1. The molecule has 22 heavy (non-hydrogen) atoms. The molecule has 0 unspecified atom stereocenters. The fraction of sp³-hybridized carbons (Fsp3) is 0.188. The van der Waals surface area contributed by atoms with Crippen LogP contribution in [0.1, 0.15) is 0 Å². The van der Waals surface area contributed by atoms with Crippen LogP contribution in [0.4, 0.5) is 0 Å². The van der Waals surface area contributed by atoms with Crippen molar-refractivity contribution in [2.75, 3.05) is 21.3 Å². The lowest BCUT2D eigenvalue weighted by molar-refractivity contribution is 0.353. The standard InChI is InChI=1S/C16H15N3O3/c1-20-13-6-14(21-2)16(22-3)11-4-5-12(19-15(11)13)10-7-17-9-18-8-10/h4-9H,1-3H3. The lowest BCUT2D eigenvalue weighted by Gasteiger charge is -2.14. The van der Waals surface area contributed by atoms with Crippen LogP contribution >= 0.6 is 0 Å². The van der Waals surface area contributed by atoms with E-state index in [1.165, 1.54) is 6.33 Å². The van der Waals surface area contributed by atoms with Crippen LogP contribution in [-0.4, -0.2) is 36.3 Å². The zero-order valence-electron chi connectivity index (χ0n) is 12.5. The van der Waals surface area contributed by atoms with Crippen molar-refractivity contribution >= 4 is 10.9 Å². The molecule has 2 aromatic heterocycles. The molecule has 0 aliphatic heterocycles. The van der Waals surface area contributed by atoms with Gasteiger partial charge in [-0.25, -0.2) is 15.0 Å². The summed E-state index contributed by atoms with van der Waals surface area (Å²) in [5, 5.41) is 0.819. The molecule has 3 aromatic rings. The Kier molecular flexibility index (Phi) is 3.74. The van der Waals surface area contributed by atoms with Crippen molar-refractivity contribution in [2.24, 2.45) is 0 Å². The highest BCUT2D eigenvalue weighted by molar-refractivity contribution is 5.94. The first kappa shape index (κ1) is 14.1. The number of nitrogens with zero attached hydrogens (tertiary/aromatic N) is 3. The molecule has 0 bridgehead atoms. The van der Waals surface area contributed by atoms with Crippen molar-refractivity contribution in [3.8, 4) is 28.5 Å². The lowest BCUT2D eigenvalue weighted by Crippen LogP contribution is -1.97. The van der Waals surface area contributed by atoms with Gasteiger partial charge in [-0.3, -0.25) is 0 Å². The van der Waals surface area contributed by atoms with E-state index in [1.807, 2.05) is 12.1 Å². The van der Waals surface area contributed by atoms with Crippen LogP contribution in [0.3, 0.4) is 0 Å². The zero-order chi connectivity index (χ0) is 15.5. The minimum atomic E-state index is 0.601. The van der Waals surface area contributed by atoms with Gasteiger partial charge in [-0.15, -0.1) is 0 Å². The molecule has 0 saturated heterocycles. The molecule has 0 fully saturated rings. The van der Waals surface area contributed by atoms with Crippen molar-refractivity contribution in [1.29, 1.82) is 0 Å². The van der Waals surface area contributed by atoms with Crippen LogP contribution in [0.5, 0.6) is 17.2 Å². The summed E-state index contributed by atoms with van der Waals surface area (Å²) in [5.74, 6) is 1.84. The number of pyridine rings is 1. The SMILES string of the molecule is COc1cc(OC)c2nc(-c3cncnc3)ccc2c1OC. The van der Waals surface area contributed by atoms with Crippen molar-refractivity contribution in [3.63, 3.8) is 0 Å². The fourth-order valence-electron chi connectivity index (χ4n) is 2.33. The molecule has 1 aromatic carbocycles. The first-order valence-electron chi connectivity index (χ1n) is 6.63. The third kappa shape index (κ3) is 2.28. The second-order valence-electron chi connectivity index (χ2n) is 4.53. The van der Waals surface area contributed by atoms with Crippen molar-refractivity contribution in [1.82, 2.24) is 15.0 Å². The number of aromatic nitrogens is 3. The van der Waals surface area contributed by atoms with Gasteiger partial charge in [-0.2, -0.15) is 0 Å². The minimum Gasteiger partial charge on any atom is -0.494 e. The average molecular weight is 297 g/mol. The summed E-state index contributed by atoms with van der Waals surface area (Å²) in [5.41, 5.74) is 2.29. The van der Waals surface area contributed by atoms with Gasteiger partial charge in [-0.1, -0.05) is 0 Å². The van der Waals surface area contributed by atoms with Gasteiger partial charge in [0.25, 0.3) is 0 Å². The van der Waals surface area contributed by atoms with E-state index in [0.29, 0.717) is 22.8 Å². The molecule has 3 rings (SSSR count). The first-order chi connectivity index (χ1) is 10.8. The maximum atomic E-state index is 5.45. The minimum absolute atomic E-state index is 0.601. The van der Waals surface area contributed by atoms with E-state index in [0.717, 1.165) is 16.6 Å². The second kappa shape index (κ2) is 5.85. The van der Waals surface area contributed by atoms with Crippen LogP contribution in [0.15, 0.2) is 36.9 Å². The Morgan fingerprint density at radius 2 is 1.59 bits per heavy atom. The number of fused-ring (bicyclic) bond motifs is 1. The van der Waals surface area contributed by atoms with E-state index < -0.39 is 0 Å². The summed E-state index contributed by atoms with van der Waals surface area (Å²) in [4.78, 5) is 12.7. The van der Waals surface area contributed by atoms with E-state index in [2.05, 4.69) is 15.0 Å². The maximum absolute atomic E-state index is 5.45. The molecular formula is C16H15N3O3. The molecule has 0 saturated carbocycles.